The number of methoxy groups -OCH3 is 1. The Balaban J connectivity index is 1.92. The summed E-state index contributed by atoms with van der Waals surface area (Å²) < 4.78 is 5.23. The summed E-state index contributed by atoms with van der Waals surface area (Å²) in [6, 6.07) is 22.6. The number of nitrogens with zero attached hydrogens (tertiary/aromatic N) is 1. The molecule has 0 spiro atoms. The second-order valence-corrected chi connectivity index (χ2v) is 7.14. The van der Waals surface area contributed by atoms with E-state index in [1.807, 2.05) is 25.1 Å². The molecule has 4 rings (SSSR count). The van der Waals surface area contributed by atoms with Gasteiger partial charge >= 0.3 is 0 Å². The SMILES string of the molecule is COc1ccc(C2C(=C(O)c3ccccc3)C(=O)C(=O)N2c2ccc(C)cc2)cc1. The molecule has 0 bridgehead atoms. The van der Waals surface area contributed by atoms with Crippen LogP contribution in [0.15, 0.2) is 84.4 Å². The summed E-state index contributed by atoms with van der Waals surface area (Å²) in [7, 11) is 1.57. The zero-order valence-corrected chi connectivity index (χ0v) is 16.7. The molecule has 1 aliphatic rings. The summed E-state index contributed by atoms with van der Waals surface area (Å²) in [5.74, 6) is -0.909. The van der Waals surface area contributed by atoms with Crippen molar-refractivity contribution in [1.29, 1.82) is 0 Å². The van der Waals surface area contributed by atoms with Crippen LogP contribution in [0.2, 0.25) is 0 Å². The number of anilines is 1. The van der Waals surface area contributed by atoms with E-state index >= 15 is 0 Å². The first-order valence-corrected chi connectivity index (χ1v) is 9.58. The molecule has 1 fully saturated rings. The number of amides is 1. The molecule has 1 unspecified atom stereocenters. The molecule has 1 aliphatic heterocycles. The molecule has 3 aromatic rings. The van der Waals surface area contributed by atoms with E-state index in [1.54, 1.807) is 67.8 Å². The molecule has 1 saturated heterocycles. The van der Waals surface area contributed by atoms with Crippen molar-refractivity contribution in [2.75, 3.05) is 12.0 Å². The van der Waals surface area contributed by atoms with Crippen LogP contribution in [0.4, 0.5) is 5.69 Å². The molecule has 3 aromatic carbocycles. The van der Waals surface area contributed by atoms with Gasteiger partial charge < -0.3 is 9.84 Å². The minimum absolute atomic E-state index is 0.0666. The molecule has 0 saturated carbocycles. The number of carbonyl (C=O) groups excluding carboxylic acids is 2. The zero-order valence-electron chi connectivity index (χ0n) is 16.7. The number of hydrogen-bond acceptors (Lipinski definition) is 4. The maximum absolute atomic E-state index is 13.1. The van der Waals surface area contributed by atoms with E-state index in [1.165, 1.54) is 4.90 Å². The summed E-state index contributed by atoms with van der Waals surface area (Å²) in [5, 5.41) is 11.0. The molecule has 150 valence electrons. The van der Waals surface area contributed by atoms with Gasteiger partial charge in [0.15, 0.2) is 0 Å². The van der Waals surface area contributed by atoms with Crippen LogP contribution < -0.4 is 9.64 Å². The van der Waals surface area contributed by atoms with Gasteiger partial charge in [0.25, 0.3) is 11.7 Å². The number of aryl methyl sites for hydroxylation is 1. The van der Waals surface area contributed by atoms with E-state index in [0.29, 0.717) is 22.6 Å². The molecule has 0 radical (unpaired) electrons. The van der Waals surface area contributed by atoms with Crippen molar-refractivity contribution in [1.82, 2.24) is 0 Å². The van der Waals surface area contributed by atoms with Gasteiger partial charge in [0.05, 0.1) is 18.7 Å². The first-order valence-electron chi connectivity index (χ1n) is 9.58. The Labute approximate surface area is 174 Å². The van der Waals surface area contributed by atoms with Crippen molar-refractivity contribution >= 4 is 23.1 Å². The Hall–Kier alpha value is -3.86. The number of aliphatic hydroxyl groups excluding tert-OH is 1. The van der Waals surface area contributed by atoms with Crippen LogP contribution in [-0.2, 0) is 9.59 Å². The van der Waals surface area contributed by atoms with Crippen molar-refractivity contribution in [3.8, 4) is 5.75 Å². The van der Waals surface area contributed by atoms with E-state index < -0.39 is 17.7 Å². The fourth-order valence-electron chi connectivity index (χ4n) is 3.66. The van der Waals surface area contributed by atoms with Gasteiger partial charge in [-0.25, -0.2) is 0 Å². The van der Waals surface area contributed by atoms with E-state index in [4.69, 9.17) is 4.74 Å². The molecule has 1 N–H and O–H groups in total. The highest BCUT2D eigenvalue weighted by molar-refractivity contribution is 6.51. The van der Waals surface area contributed by atoms with Crippen molar-refractivity contribution in [2.24, 2.45) is 0 Å². The van der Waals surface area contributed by atoms with Crippen molar-refractivity contribution in [2.45, 2.75) is 13.0 Å². The average molecular weight is 399 g/mol. The van der Waals surface area contributed by atoms with Crippen LogP contribution in [0.25, 0.3) is 5.76 Å². The van der Waals surface area contributed by atoms with Gasteiger partial charge in [-0.2, -0.15) is 0 Å². The maximum Gasteiger partial charge on any atom is 0.300 e. The Morgan fingerprint density at radius 2 is 1.53 bits per heavy atom. The summed E-state index contributed by atoms with van der Waals surface area (Å²) >= 11 is 0. The molecule has 0 aliphatic carbocycles. The summed E-state index contributed by atoms with van der Waals surface area (Å²) in [4.78, 5) is 27.5. The Morgan fingerprint density at radius 3 is 2.13 bits per heavy atom. The number of Topliss-reactive ketones (excluding diaryl/α,β-unsaturated/α-hetero) is 1. The summed E-state index contributed by atoms with van der Waals surface area (Å²) in [6.07, 6.45) is 0. The quantitative estimate of drug-likeness (QED) is 0.395. The lowest BCUT2D eigenvalue weighted by Gasteiger charge is -2.25. The highest BCUT2D eigenvalue weighted by atomic mass is 16.5. The van der Waals surface area contributed by atoms with Gasteiger partial charge in [-0.15, -0.1) is 0 Å². The lowest BCUT2D eigenvalue weighted by atomic mass is 9.95. The Kier molecular flexibility index (Phi) is 5.11. The lowest BCUT2D eigenvalue weighted by Crippen LogP contribution is -2.29. The number of ketones is 1. The highest BCUT2D eigenvalue weighted by Gasteiger charge is 2.46. The van der Waals surface area contributed by atoms with Crippen LogP contribution in [0.3, 0.4) is 0 Å². The van der Waals surface area contributed by atoms with E-state index in [9.17, 15) is 14.7 Å². The van der Waals surface area contributed by atoms with Crippen LogP contribution in [0.5, 0.6) is 5.75 Å². The smallest absolute Gasteiger partial charge is 0.300 e. The summed E-state index contributed by atoms with van der Waals surface area (Å²) in [6.45, 7) is 1.95. The van der Waals surface area contributed by atoms with E-state index in [-0.39, 0.29) is 11.3 Å². The van der Waals surface area contributed by atoms with Crippen LogP contribution in [0, 0.1) is 6.92 Å². The van der Waals surface area contributed by atoms with Gasteiger partial charge in [-0.1, -0.05) is 60.2 Å². The van der Waals surface area contributed by atoms with E-state index in [0.717, 1.165) is 5.56 Å². The lowest BCUT2D eigenvalue weighted by molar-refractivity contribution is -0.132. The van der Waals surface area contributed by atoms with Crippen molar-refractivity contribution in [3.63, 3.8) is 0 Å². The molecule has 1 amide bonds. The first-order chi connectivity index (χ1) is 14.5. The third kappa shape index (κ3) is 3.35. The zero-order chi connectivity index (χ0) is 21.3. The average Bonchev–Trinajstić information content (AvgIpc) is 3.05. The fourth-order valence-corrected chi connectivity index (χ4v) is 3.66. The monoisotopic (exact) mass is 399 g/mol. The minimum Gasteiger partial charge on any atom is -0.507 e. The maximum atomic E-state index is 13.1. The summed E-state index contributed by atoms with van der Waals surface area (Å²) in [5.41, 5.74) is 2.89. The van der Waals surface area contributed by atoms with E-state index in [2.05, 4.69) is 0 Å². The van der Waals surface area contributed by atoms with Crippen LogP contribution in [0.1, 0.15) is 22.7 Å². The third-order valence-electron chi connectivity index (χ3n) is 5.24. The molecule has 5 nitrogen and oxygen atoms in total. The molecule has 1 atom stereocenters. The Morgan fingerprint density at radius 1 is 0.900 bits per heavy atom. The van der Waals surface area contributed by atoms with Crippen LogP contribution in [-0.4, -0.2) is 23.9 Å². The number of ether oxygens (including phenoxy) is 1. The molecule has 0 aromatic heterocycles. The number of carbonyl (C=O) groups is 2. The number of hydrogen-bond donors (Lipinski definition) is 1. The van der Waals surface area contributed by atoms with Crippen molar-refractivity contribution in [3.05, 3.63) is 101 Å². The number of aliphatic hydroxyl groups is 1. The largest absolute Gasteiger partial charge is 0.507 e. The van der Waals surface area contributed by atoms with Gasteiger partial charge in [-0.3, -0.25) is 14.5 Å². The predicted octanol–water partition coefficient (Wildman–Crippen LogP) is 4.63. The topological polar surface area (TPSA) is 66.8 Å². The molecule has 5 heteroatoms. The van der Waals surface area contributed by atoms with Crippen LogP contribution >= 0.6 is 0 Å². The molecular formula is C25H21NO4. The molecule has 1 heterocycles. The molecule has 30 heavy (non-hydrogen) atoms. The minimum atomic E-state index is -0.751. The van der Waals surface area contributed by atoms with Gasteiger partial charge in [0, 0.05) is 11.3 Å². The standard InChI is InChI=1S/C25H21NO4/c1-16-8-12-19(13-9-16)26-22(17-10-14-20(30-2)15-11-17)21(24(28)25(26)29)23(27)18-6-4-3-5-7-18/h3-15,22,27H,1-2H3. The third-order valence-corrected chi connectivity index (χ3v) is 5.24. The van der Waals surface area contributed by atoms with Gasteiger partial charge in [0.1, 0.15) is 11.5 Å². The van der Waals surface area contributed by atoms with Gasteiger partial charge in [0.2, 0.25) is 0 Å². The fraction of sp³-hybridized carbons (Fsp3) is 0.120. The molecular weight excluding hydrogens is 378 g/mol. The van der Waals surface area contributed by atoms with Gasteiger partial charge in [-0.05, 0) is 36.8 Å². The number of benzene rings is 3. The first kappa shape index (κ1) is 19.5. The predicted molar refractivity (Wildman–Crippen MR) is 115 cm³/mol. The Bertz CT molecular complexity index is 1120. The second-order valence-electron chi connectivity index (χ2n) is 7.14. The van der Waals surface area contributed by atoms with Crippen molar-refractivity contribution < 1.29 is 19.4 Å². The second kappa shape index (κ2) is 7.87. The normalized spacial score (nSPS) is 17.9. The number of rotatable bonds is 4. The highest BCUT2D eigenvalue weighted by Crippen LogP contribution is 2.42.